The lowest BCUT2D eigenvalue weighted by Crippen LogP contribution is -2.18. The van der Waals surface area contributed by atoms with Gasteiger partial charge in [-0.15, -0.1) is 0 Å². The van der Waals surface area contributed by atoms with Gasteiger partial charge in [0.2, 0.25) is 0 Å². The molecule has 5 heterocycles. The Bertz CT molecular complexity index is 2180. The lowest BCUT2D eigenvalue weighted by atomic mass is 9.84. The summed E-state index contributed by atoms with van der Waals surface area (Å²) in [4.78, 5) is 44.0. The van der Waals surface area contributed by atoms with E-state index in [2.05, 4.69) is 50.7 Å². The highest BCUT2D eigenvalue weighted by Gasteiger charge is 2.41. The summed E-state index contributed by atoms with van der Waals surface area (Å²) in [7, 11) is 1.32. The molecule has 0 fully saturated rings. The summed E-state index contributed by atoms with van der Waals surface area (Å²) in [5, 5.41) is 24.0. The monoisotopic (exact) mass is 696 g/mol. The van der Waals surface area contributed by atoms with Crippen LogP contribution in [0.4, 0.5) is 0 Å². The SMILES string of the molecule is CCC(C)CCOC(=O)CC[C@@H]1c2nc(cc3[nH]c(cc4nc(cc5[nH]c6c2[C@@H](C(=O)OC)C(O)=c6c5C)[C@H](CC)[C@H]4C)c(=C(C)O)c3C)[C@H]1C. The van der Waals surface area contributed by atoms with E-state index in [1.807, 2.05) is 26.0 Å². The maximum Gasteiger partial charge on any atom is 0.321 e. The minimum atomic E-state index is -1.07. The van der Waals surface area contributed by atoms with Gasteiger partial charge in [0.05, 0.1) is 36.2 Å². The van der Waals surface area contributed by atoms with Crippen molar-refractivity contribution in [1.82, 2.24) is 19.9 Å². The first kappa shape index (κ1) is 36.2. The summed E-state index contributed by atoms with van der Waals surface area (Å²) in [5.74, 6) is -1.45. The van der Waals surface area contributed by atoms with Crippen molar-refractivity contribution >= 4 is 45.5 Å². The molecule has 6 atom stereocenters. The zero-order chi connectivity index (χ0) is 36.9. The Hall–Kier alpha value is -4.60. The number of rotatable bonds is 9. The highest BCUT2D eigenvalue weighted by atomic mass is 16.5. The molecule has 8 bridgehead atoms. The molecule has 0 radical (unpaired) electrons. The highest BCUT2D eigenvalue weighted by molar-refractivity contribution is 5.96. The van der Waals surface area contributed by atoms with Gasteiger partial charge >= 0.3 is 11.9 Å². The van der Waals surface area contributed by atoms with Crippen LogP contribution >= 0.6 is 0 Å². The van der Waals surface area contributed by atoms with Crippen molar-refractivity contribution in [1.29, 1.82) is 0 Å². The minimum Gasteiger partial charge on any atom is -0.512 e. The average molecular weight is 697 g/mol. The number of carbonyl (C=O) groups excluding carboxylic acids is 2. The number of H-pyrrole nitrogens is 2. The third kappa shape index (κ3) is 6.31. The van der Waals surface area contributed by atoms with Crippen LogP contribution in [0.5, 0.6) is 0 Å². The normalized spacial score (nSPS) is 22.2. The number of carbonyl (C=O) groups is 2. The first-order valence-electron chi connectivity index (χ1n) is 18.4. The van der Waals surface area contributed by atoms with E-state index < -0.39 is 11.9 Å². The molecule has 3 aromatic rings. The van der Waals surface area contributed by atoms with E-state index in [9.17, 15) is 19.8 Å². The van der Waals surface area contributed by atoms with Crippen molar-refractivity contribution < 1.29 is 29.3 Å². The van der Waals surface area contributed by atoms with E-state index in [0.717, 1.165) is 69.2 Å². The maximum atomic E-state index is 13.5. The number of aromatic amines is 2. The molecular weight excluding hydrogens is 644 g/mol. The highest BCUT2D eigenvalue weighted by Crippen LogP contribution is 2.46. The molecule has 0 amide bonds. The van der Waals surface area contributed by atoms with Crippen LogP contribution in [-0.4, -0.2) is 55.8 Å². The fourth-order valence-electron chi connectivity index (χ4n) is 8.29. The number of aromatic nitrogens is 4. The van der Waals surface area contributed by atoms with E-state index >= 15 is 0 Å². The van der Waals surface area contributed by atoms with Crippen LogP contribution in [0.1, 0.15) is 143 Å². The number of esters is 2. The molecule has 4 N–H and O–H groups in total. The molecule has 10 nitrogen and oxygen atoms in total. The predicted octanol–water partition coefficient (Wildman–Crippen LogP) is 7.50. The third-order valence-electron chi connectivity index (χ3n) is 11.7. The third-order valence-corrected chi connectivity index (χ3v) is 11.7. The van der Waals surface area contributed by atoms with Gasteiger partial charge in [-0.3, -0.25) is 19.6 Å². The standard InChI is InChI=1S/C41H52N4O6/c1-10-19(3)14-15-51-33(47)13-12-26-21(5)28-16-29-22(6)34(24(8)46)32(43-29)18-27-20(4)25(11-2)31(42-27)17-30-23(7)35-39(45-30)36(38(26)44-28)37(40(35)48)41(49)50-9/h16-21,25-26,37,43,45-46,48H,10-15H2,1-9H3/t19?,20-,21+,25-,26+,37-/m1/s1. The lowest BCUT2D eigenvalue weighted by Gasteiger charge is -2.19. The predicted molar refractivity (Wildman–Crippen MR) is 199 cm³/mol. The molecule has 272 valence electrons. The van der Waals surface area contributed by atoms with Crippen molar-refractivity contribution in [3.8, 4) is 0 Å². The quantitative estimate of drug-likeness (QED) is 0.168. The number of fused-ring (bicyclic) bond motifs is 8. The number of aliphatic hydroxyl groups excluding tert-OH is 2. The molecule has 51 heavy (non-hydrogen) atoms. The van der Waals surface area contributed by atoms with Crippen molar-refractivity contribution in [2.75, 3.05) is 13.7 Å². The van der Waals surface area contributed by atoms with E-state index in [-0.39, 0.29) is 47.6 Å². The summed E-state index contributed by atoms with van der Waals surface area (Å²) < 4.78 is 10.9. The smallest absolute Gasteiger partial charge is 0.321 e. The van der Waals surface area contributed by atoms with E-state index in [0.29, 0.717) is 40.9 Å². The van der Waals surface area contributed by atoms with Crippen LogP contribution in [0.25, 0.3) is 33.6 Å². The zero-order valence-electron chi connectivity index (χ0n) is 31.4. The van der Waals surface area contributed by atoms with Gasteiger partial charge in [0.1, 0.15) is 11.7 Å². The lowest BCUT2D eigenvalue weighted by molar-refractivity contribution is -0.144. The van der Waals surface area contributed by atoms with Crippen molar-refractivity contribution in [2.24, 2.45) is 5.92 Å². The molecule has 3 aliphatic rings. The second-order valence-electron chi connectivity index (χ2n) is 14.8. The van der Waals surface area contributed by atoms with Gasteiger partial charge in [0.15, 0.2) is 0 Å². The summed E-state index contributed by atoms with van der Waals surface area (Å²) in [6.45, 7) is 16.7. The van der Waals surface area contributed by atoms with Crippen LogP contribution in [0.3, 0.4) is 0 Å². The van der Waals surface area contributed by atoms with Gasteiger partial charge in [-0.05, 0) is 75.3 Å². The summed E-state index contributed by atoms with van der Waals surface area (Å²) in [5.41, 5.74) is 8.49. The van der Waals surface area contributed by atoms with Gasteiger partial charge in [-0.2, -0.15) is 0 Å². The number of nitrogens with one attached hydrogen (secondary N) is 2. The summed E-state index contributed by atoms with van der Waals surface area (Å²) >= 11 is 0. The second-order valence-corrected chi connectivity index (χ2v) is 14.8. The van der Waals surface area contributed by atoms with E-state index in [1.165, 1.54) is 7.11 Å². The van der Waals surface area contributed by atoms with Gasteiger partial charge in [-0.25, -0.2) is 0 Å². The van der Waals surface area contributed by atoms with E-state index in [1.54, 1.807) is 6.92 Å². The van der Waals surface area contributed by atoms with Crippen LogP contribution in [0.15, 0.2) is 18.2 Å². The largest absolute Gasteiger partial charge is 0.512 e. The Morgan fingerprint density at radius 1 is 0.941 bits per heavy atom. The molecular formula is C41H52N4O6. The number of ether oxygens (including phenoxy) is 2. The molecule has 0 saturated heterocycles. The number of hydrogen-bond acceptors (Lipinski definition) is 8. The molecule has 0 saturated carbocycles. The molecule has 0 aromatic carbocycles. The summed E-state index contributed by atoms with van der Waals surface area (Å²) in [6, 6.07) is 6.09. The molecule has 6 rings (SSSR count). The van der Waals surface area contributed by atoms with Crippen LogP contribution in [0.2, 0.25) is 0 Å². The molecule has 1 aliphatic carbocycles. The van der Waals surface area contributed by atoms with Gasteiger partial charge < -0.3 is 29.7 Å². The Morgan fingerprint density at radius 2 is 1.59 bits per heavy atom. The molecule has 3 aromatic heterocycles. The second kappa shape index (κ2) is 14.2. The van der Waals surface area contributed by atoms with Crippen molar-refractivity contribution in [2.45, 2.75) is 117 Å². The number of aryl methyl sites for hydroxylation is 2. The number of hydrogen-bond donors (Lipinski definition) is 4. The van der Waals surface area contributed by atoms with Gasteiger partial charge in [0, 0.05) is 74.2 Å². The van der Waals surface area contributed by atoms with Crippen LogP contribution < -0.4 is 10.4 Å². The van der Waals surface area contributed by atoms with Crippen LogP contribution in [0, 0.1) is 19.8 Å². The number of methoxy groups -OCH3 is 1. The van der Waals surface area contributed by atoms with Crippen molar-refractivity contribution in [3.63, 3.8) is 0 Å². The molecule has 0 spiro atoms. The van der Waals surface area contributed by atoms with Crippen LogP contribution in [-0.2, 0) is 19.1 Å². The fourth-order valence-corrected chi connectivity index (χ4v) is 8.29. The Morgan fingerprint density at radius 3 is 2.25 bits per heavy atom. The average Bonchev–Trinajstić information content (AvgIpc) is 3.84. The molecule has 10 heteroatoms. The minimum absolute atomic E-state index is 0.0739. The Labute approximate surface area is 299 Å². The van der Waals surface area contributed by atoms with Gasteiger partial charge in [0.25, 0.3) is 0 Å². The first-order valence-corrected chi connectivity index (χ1v) is 18.4. The van der Waals surface area contributed by atoms with E-state index in [4.69, 9.17) is 19.4 Å². The maximum absolute atomic E-state index is 13.5. The molecule has 1 unspecified atom stereocenters. The molecule has 2 aliphatic heterocycles. The fraction of sp³-hybridized carbons (Fsp3) is 0.512. The summed E-state index contributed by atoms with van der Waals surface area (Å²) in [6.07, 6.45) is 3.34. The first-order chi connectivity index (χ1) is 24.3. The number of nitrogens with zero attached hydrogens (tertiary/aromatic N) is 2. The Balaban J connectivity index is 1.65. The van der Waals surface area contributed by atoms with Gasteiger partial charge in [-0.1, -0.05) is 41.0 Å². The zero-order valence-corrected chi connectivity index (χ0v) is 31.4. The Kier molecular flexibility index (Phi) is 10.1. The number of aliphatic hydroxyl groups is 2. The van der Waals surface area contributed by atoms with Crippen molar-refractivity contribution in [3.05, 3.63) is 68.1 Å². The topological polar surface area (TPSA) is 150 Å².